The Morgan fingerprint density at radius 3 is 3.25 bits per heavy atom. The van der Waals surface area contributed by atoms with Crippen molar-refractivity contribution in [3.8, 4) is 11.3 Å². The highest BCUT2D eigenvalue weighted by Crippen LogP contribution is 2.34. The molecule has 4 heterocycles. The maximum Gasteiger partial charge on any atom is 0.160 e. The van der Waals surface area contributed by atoms with E-state index in [-0.39, 0.29) is 0 Å². The third kappa shape index (κ3) is 0.877. The molecule has 4 rings (SSSR count). The highest BCUT2D eigenvalue weighted by atomic mass is 15.0. The maximum absolute atomic E-state index is 4.54. The molecular weight excluding hydrogens is 198 g/mol. The van der Waals surface area contributed by atoms with Crippen LogP contribution in [0.1, 0.15) is 5.69 Å². The van der Waals surface area contributed by atoms with Crippen LogP contribution in [0.5, 0.6) is 0 Å². The molecule has 0 N–H and O–H groups in total. The number of hydrogen-bond donors (Lipinski definition) is 0. The molecule has 0 atom stereocenters. The van der Waals surface area contributed by atoms with Gasteiger partial charge in [0.1, 0.15) is 0 Å². The zero-order valence-electron chi connectivity index (χ0n) is 8.59. The molecule has 3 aliphatic heterocycles. The van der Waals surface area contributed by atoms with Crippen LogP contribution in [0.15, 0.2) is 36.7 Å². The van der Waals surface area contributed by atoms with Gasteiger partial charge in [0.2, 0.25) is 0 Å². The van der Waals surface area contributed by atoms with Crippen molar-refractivity contribution in [2.45, 2.75) is 6.42 Å². The molecule has 0 spiro atoms. The predicted octanol–water partition coefficient (Wildman–Crippen LogP) is 2.56. The maximum atomic E-state index is 4.54. The van der Waals surface area contributed by atoms with E-state index in [9.17, 15) is 0 Å². The lowest BCUT2D eigenvalue weighted by atomic mass is 10.1. The molecular formula is C13H9N3. The van der Waals surface area contributed by atoms with Gasteiger partial charge in [0, 0.05) is 41.7 Å². The van der Waals surface area contributed by atoms with E-state index in [1.54, 1.807) is 6.20 Å². The highest BCUT2D eigenvalue weighted by Gasteiger charge is 2.19. The summed E-state index contributed by atoms with van der Waals surface area (Å²) in [4.78, 5) is 8.84. The topological polar surface area (TPSA) is 30.7 Å². The van der Waals surface area contributed by atoms with Crippen LogP contribution in [0.25, 0.3) is 28.5 Å². The Labute approximate surface area is 92.4 Å². The highest BCUT2D eigenvalue weighted by molar-refractivity contribution is 5.96. The summed E-state index contributed by atoms with van der Waals surface area (Å²) in [6.45, 7) is 0. The second-order valence-electron chi connectivity index (χ2n) is 4.01. The largest absolute Gasteiger partial charge is 0.327 e. The van der Waals surface area contributed by atoms with Crippen molar-refractivity contribution in [1.82, 2.24) is 14.5 Å². The summed E-state index contributed by atoms with van der Waals surface area (Å²) in [6, 6.07) is 6.11. The fourth-order valence-electron chi connectivity index (χ4n) is 2.41. The second-order valence-corrected chi connectivity index (χ2v) is 4.01. The van der Waals surface area contributed by atoms with E-state index < -0.39 is 0 Å². The third-order valence-corrected chi connectivity index (χ3v) is 3.11. The van der Waals surface area contributed by atoms with Crippen LogP contribution in [0.3, 0.4) is 0 Å². The number of fused-ring (bicyclic) bond motifs is 5. The van der Waals surface area contributed by atoms with Gasteiger partial charge in [-0.3, -0.25) is 0 Å². The number of aromatic nitrogens is 3. The van der Waals surface area contributed by atoms with Crippen molar-refractivity contribution >= 4 is 17.2 Å². The standard InChI is InChI=1S/C13H9N3/c1-3-9-12-10(15-13(9)14-6-1)5-8-16-7-2-4-11(12)16/h1-3,5-8H,4H2. The number of rotatable bonds is 0. The van der Waals surface area contributed by atoms with E-state index in [1.807, 2.05) is 6.07 Å². The van der Waals surface area contributed by atoms with Crippen LogP contribution >= 0.6 is 0 Å². The smallest absolute Gasteiger partial charge is 0.160 e. The molecule has 0 aliphatic carbocycles. The number of pyridine rings is 2. The van der Waals surface area contributed by atoms with Crippen molar-refractivity contribution in [3.05, 3.63) is 42.4 Å². The summed E-state index contributed by atoms with van der Waals surface area (Å²) in [5, 5.41) is 1.16. The SMILES string of the molecule is C1=Cn2ccc3nc4ncccc4c-3c2C1. The number of allylic oxidation sites excluding steroid dienone is 1. The number of hydrogen-bond acceptors (Lipinski definition) is 2. The fraction of sp³-hybridized carbons (Fsp3) is 0.0769. The predicted molar refractivity (Wildman–Crippen MR) is 63.2 cm³/mol. The normalized spacial score (nSPS) is 13.8. The summed E-state index contributed by atoms with van der Waals surface area (Å²) >= 11 is 0. The van der Waals surface area contributed by atoms with Crippen LogP contribution < -0.4 is 0 Å². The van der Waals surface area contributed by atoms with Gasteiger partial charge in [-0.05, 0) is 18.2 Å². The summed E-state index contributed by atoms with van der Waals surface area (Å²) in [6.07, 6.45) is 9.11. The lowest BCUT2D eigenvalue weighted by molar-refractivity contribution is 1.05. The first kappa shape index (κ1) is 8.05. The monoisotopic (exact) mass is 207 g/mol. The van der Waals surface area contributed by atoms with Crippen LogP contribution in [0.2, 0.25) is 0 Å². The van der Waals surface area contributed by atoms with E-state index in [1.165, 1.54) is 11.3 Å². The average molecular weight is 207 g/mol. The Bertz CT molecular complexity index is 694. The van der Waals surface area contributed by atoms with Crippen molar-refractivity contribution in [1.29, 1.82) is 0 Å². The molecule has 3 heteroatoms. The molecule has 0 saturated carbocycles. The van der Waals surface area contributed by atoms with E-state index >= 15 is 0 Å². The molecule has 3 aliphatic rings. The molecule has 1 aromatic rings. The fourth-order valence-corrected chi connectivity index (χ4v) is 2.41. The van der Waals surface area contributed by atoms with Gasteiger partial charge in [-0.25, -0.2) is 9.97 Å². The molecule has 0 amide bonds. The molecule has 0 aromatic carbocycles. The molecule has 1 aromatic heterocycles. The summed E-state index contributed by atoms with van der Waals surface area (Å²) < 4.78 is 2.16. The Kier molecular flexibility index (Phi) is 1.36. The summed E-state index contributed by atoms with van der Waals surface area (Å²) in [5.41, 5.74) is 4.45. The van der Waals surface area contributed by atoms with E-state index in [2.05, 4.69) is 45.1 Å². The Morgan fingerprint density at radius 1 is 1.25 bits per heavy atom. The Morgan fingerprint density at radius 2 is 2.25 bits per heavy atom. The molecule has 0 saturated heterocycles. The molecule has 0 radical (unpaired) electrons. The van der Waals surface area contributed by atoms with E-state index in [0.29, 0.717) is 0 Å². The molecule has 16 heavy (non-hydrogen) atoms. The lowest BCUT2D eigenvalue weighted by Crippen LogP contribution is -1.96. The second kappa shape index (κ2) is 2.70. The quantitative estimate of drug-likeness (QED) is 0.567. The van der Waals surface area contributed by atoms with Gasteiger partial charge in [-0.1, -0.05) is 6.08 Å². The van der Waals surface area contributed by atoms with Gasteiger partial charge in [0.25, 0.3) is 0 Å². The van der Waals surface area contributed by atoms with Gasteiger partial charge in [0.15, 0.2) is 5.65 Å². The third-order valence-electron chi connectivity index (χ3n) is 3.11. The first-order chi connectivity index (χ1) is 7.93. The van der Waals surface area contributed by atoms with Crippen LogP contribution in [-0.4, -0.2) is 14.5 Å². The molecule has 0 fully saturated rings. The van der Waals surface area contributed by atoms with Gasteiger partial charge in [-0.2, -0.15) is 0 Å². The first-order valence-electron chi connectivity index (χ1n) is 5.34. The minimum Gasteiger partial charge on any atom is -0.327 e. The Balaban J connectivity index is 2.24. The summed E-state index contributed by atoms with van der Waals surface area (Å²) in [5.74, 6) is 0. The van der Waals surface area contributed by atoms with E-state index in [4.69, 9.17) is 0 Å². The molecule has 3 nitrogen and oxygen atoms in total. The Hall–Kier alpha value is -2.16. The minimum absolute atomic E-state index is 0.846. The summed E-state index contributed by atoms with van der Waals surface area (Å²) in [7, 11) is 0. The van der Waals surface area contributed by atoms with Crippen LogP contribution in [0, 0.1) is 0 Å². The van der Waals surface area contributed by atoms with Crippen molar-refractivity contribution in [3.63, 3.8) is 0 Å². The lowest BCUT2D eigenvalue weighted by Gasteiger charge is -2.08. The van der Waals surface area contributed by atoms with Gasteiger partial charge < -0.3 is 4.57 Å². The van der Waals surface area contributed by atoms with Gasteiger partial charge in [0.05, 0.1) is 5.69 Å². The van der Waals surface area contributed by atoms with E-state index in [0.717, 1.165) is 23.1 Å². The molecule has 0 unspecified atom stereocenters. The van der Waals surface area contributed by atoms with Crippen LogP contribution in [-0.2, 0) is 6.42 Å². The molecule has 0 bridgehead atoms. The van der Waals surface area contributed by atoms with Crippen molar-refractivity contribution < 1.29 is 0 Å². The van der Waals surface area contributed by atoms with Gasteiger partial charge in [-0.15, -0.1) is 0 Å². The van der Waals surface area contributed by atoms with Crippen molar-refractivity contribution in [2.75, 3.05) is 0 Å². The molecule has 76 valence electrons. The minimum atomic E-state index is 0.846. The first-order valence-corrected chi connectivity index (χ1v) is 5.34. The average Bonchev–Trinajstić information content (AvgIpc) is 2.91. The number of nitrogens with zero attached hydrogens (tertiary/aromatic N) is 3. The zero-order chi connectivity index (χ0) is 10.5. The van der Waals surface area contributed by atoms with Crippen molar-refractivity contribution in [2.24, 2.45) is 0 Å². The zero-order valence-corrected chi connectivity index (χ0v) is 8.59. The van der Waals surface area contributed by atoms with Gasteiger partial charge >= 0.3 is 0 Å². The van der Waals surface area contributed by atoms with Crippen LogP contribution in [0.4, 0.5) is 0 Å².